The van der Waals surface area contributed by atoms with E-state index in [1.165, 1.54) is 3.97 Å². The van der Waals surface area contributed by atoms with Crippen molar-refractivity contribution in [3.05, 3.63) is 29.5 Å². The number of anilines is 1. The lowest BCUT2D eigenvalue weighted by molar-refractivity contribution is 0.0913. The van der Waals surface area contributed by atoms with Crippen LogP contribution in [-0.4, -0.2) is 38.1 Å². The topological polar surface area (TPSA) is 102 Å². The number of fused-ring (bicyclic) bond motifs is 3. The first-order chi connectivity index (χ1) is 14.4. The molecule has 1 heterocycles. The van der Waals surface area contributed by atoms with E-state index in [2.05, 4.69) is 4.72 Å². The minimum absolute atomic E-state index is 0.000260. The molecule has 1 N–H and O–H groups in total. The number of Topliss-reactive ketones (excluding diaryl/α,β-unsaturated/α-hetero) is 1. The van der Waals surface area contributed by atoms with Gasteiger partial charge < -0.3 is 0 Å². The van der Waals surface area contributed by atoms with Gasteiger partial charge in [0.05, 0.1) is 17.0 Å². The molecule has 0 saturated heterocycles. The summed E-state index contributed by atoms with van der Waals surface area (Å²) in [5.74, 6) is -0.0921. The van der Waals surface area contributed by atoms with Crippen molar-refractivity contribution >= 4 is 42.4 Å². The Labute approximate surface area is 185 Å². The molecule has 1 aliphatic carbocycles. The average Bonchev–Trinajstić information content (AvgIpc) is 2.97. The summed E-state index contributed by atoms with van der Waals surface area (Å²) in [6, 6.07) is 4.77. The van der Waals surface area contributed by atoms with Gasteiger partial charge in [-0.1, -0.05) is 40.5 Å². The molecular formula is C22H32N2O5S2. The zero-order valence-corrected chi connectivity index (χ0v) is 20.3. The summed E-state index contributed by atoms with van der Waals surface area (Å²) in [5, 5.41) is 0.492. The molecule has 7 nitrogen and oxygen atoms in total. The number of nitrogens with one attached hydrogen (secondary N) is 1. The van der Waals surface area contributed by atoms with Crippen LogP contribution in [0, 0.1) is 5.41 Å². The van der Waals surface area contributed by atoms with E-state index in [-0.39, 0.29) is 22.7 Å². The van der Waals surface area contributed by atoms with Crippen molar-refractivity contribution in [3.63, 3.8) is 0 Å². The zero-order valence-electron chi connectivity index (χ0n) is 18.7. The van der Waals surface area contributed by atoms with E-state index in [4.69, 9.17) is 0 Å². The van der Waals surface area contributed by atoms with Gasteiger partial charge in [-0.05, 0) is 42.9 Å². The first-order valence-electron chi connectivity index (χ1n) is 10.8. The first-order valence-corrected chi connectivity index (χ1v) is 14.1. The van der Waals surface area contributed by atoms with Gasteiger partial charge in [-0.15, -0.1) is 0 Å². The van der Waals surface area contributed by atoms with Crippen molar-refractivity contribution in [2.24, 2.45) is 5.41 Å². The molecule has 1 aliphatic rings. The Morgan fingerprint density at radius 2 is 1.65 bits per heavy atom. The lowest BCUT2D eigenvalue weighted by atomic mass is 9.76. The van der Waals surface area contributed by atoms with Gasteiger partial charge in [0.25, 0.3) is 0 Å². The molecule has 172 valence electrons. The smallest absolute Gasteiger partial charge is 0.239 e. The van der Waals surface area contributed by atoms with Crippen LogP contribution in [0.2, 0.25) is 0 Å². The van der Waals surface area contributed by atoms with E-state index < -0.39 is 20.0 Å². The molecule has 0 saturated carbocycles. The van der Waals surface area contributed by atoms with E-state index in [9.17, 15) is 21.6 Å². The number of nitrogens with zero attached hydrogens (tertiary/aromatic N) is 1. The number of ketones is 1. The van der Waals surface area contributed by atoms with Crippen LogP contribution in [0.5, 0.6) is 0 Å². The molecule has 0 spiro atoms. The van der Waals surface area contributed by atoms with Crippen molar-refractivity contribution < 1.29 is 21.6 Å². The van der Waals surface area contributed by atoms with Gasteiger partial charge in [0.15, 0.2) is 5.78 Å². The standard InChI is InChI=1S/C22H32N2O5S2/c1-5-7-11-30(26,27)23-16-9-10-18-17(13-16)21-19(14-22(3,4)15-20(21)25)24(18)31(28,29)12-8-6-2/h9-10,13,23H,5-8,11-12,14-15H2,1-4H3. The lowest BCUT2D eigenvalue weighted by Gasteiger charge is -2.29. The highest BCUT2D eigenvalue weighted by atomic mass is 32.2. The Morgan fingerprint density at radius 1 is 1.00 bits per heavy atom. The number of carbonyl (C=O) groups excluding carboxylic acids is 1. The van der Waals surface area contributed by atoms with E-state index in [1.54, 1.807) is 18.2 Å². The minimum Gasteiger partial charge on any atom is -0.294 e. The van der Waals surface area contributed by atoms with Gasteiger partial charge in [-0.2, -0.15) is 0 Å². The van der Waals surface area contributed by atoms with E-state index in [0.717, 1.165) is 12.8 Å². The fraction of sp³-hybridized carbons (Fsp3) is 0.591. The fourth-order valence-corrected chi connectivity index (χ4v) is 7.23. The van der Waals surface area contributed by atoms with E-state index in [1.807, 2.05) is 27.7 Å². The summed E-state index contributed by atoms with van der Waals surface area (Å²) < 4.78 is 55.0. The van der Waals surface area contributed by atoms with Crippen LogP contribution >= 0.6 is 0 Å². The molecular weight excluding hydrogens is 436 g/mol. The van der Waals surface area contributed by atoms with Crippen molar-refractivity contribution in [2.45, 2.75) is 66.2 Å². The fourth-order valence-electron chi connectivity index (χ4n) is 4.19. The number of sulfonamides is 1. The predicted molar refractivity (Wildman–Crippen MR) is 125 cm³/mol. The van der Waals surface area contributed by atoms with Gasteiger partial charge in [-0.25, -0.2) is 20.8 Å². The Bertz CT molecular complexity index is 1210. The van der Waals surface area contributed by atoms with Gasteiger partial charge in [0, 0.05) is 28.8 Å². The molecule has 0 amide bonds. The Morgan fingerprint density at radius 3 is 2.29 bits per heavy atom. The molecule has 31 heavy (non-hydrogen) atoms. The predicted octanol–water partition coefficient (Wildman–Crippen LogP) is 4.32. The first kappa shape index (κ1) is 23.8. The minimum atomic E-state index is -3.65. The summed E-state index contributed by atoms with van der Waals surface area (Å²) in [7, 11) is -7.17. The van der Waals surface area contributed by atoms with Crippen LogP contribution in [0.3, 0.4) is 0 Å². The molecule has 0 aliphatic heterocycles. The monoisotopic (exact) mass is 468 g/mol. The average molecular weight is 469 g/mol. The third-order valence-corrected chi connectivity index (χ3v) is 8.81. The van der Waals surface area contributed by atoms with Crippen molar-refractivity contribution in [2.75, 3.05) is 16.2 Å². The third kappa shape index (κ3) is 4.98. The SMILES string of the molecule is CCCCS(=O)(=O)Nc1ccc2c(c1)c1c(n2S(=O)(=O)CCCC)CC(C)(C)CC1=O. The third-order valence-electron chi connectivity index (χ3n) is 5.66. The molecule has 1 aromatic carbocycles. The van der Waals surface area contributed by atoms with Crippen molar-refractivity contribution in [1.82, 2.24) is 3.97 Å². The molecule has 0 atom stereocenters. The van der Waals surface area contributed by atoms with E-state index >= 15 is 0 Å². The lowest BCUT2D eigenvalue weighted by Crippen LogP contribution is -2.30. The summed E-state index contributed by atoms with van der Waals surface area (Å²) in [6.07, 6.45) is 3.37. The second-order valence-electron chi connectivity index (χ2n) is 9.20. The Hall–Kier alpha value is -1.87. The van der Waals surface area contributed by atoms with Crippen LogP contribution < -0.4 is 4.72 Å². The molecule has 0 fully saturated rings. The molecule has 2 aromatic rings. The number of rotatable bonds is 9. The molecule has 3 rings (SSSR count). The second kappa shape index (κ2) is 8.58. The van der Waals surface area contributed by atoms with Crippen LogP contribution in [0.1, 0.15) is 75.9 Å². The quantitative estimate of drug-likeness (QED) is 0.590. The summed E-state index contributed by atoms with van der Waals surface area (Å²) >= 11 is 0. The summed E-state index contributed by atoms with van der Waals surface area (Å²) in [6.45, 7) is 7.77. The molecule has 0 radical (unpaired) electrons. The zero-order chi connectivity index (χ0) is 23.0. The maximum absolute atomic E-state index is 13.2. The number of hydrogen-bond donors (Lipinski definition) is 1. The van der Waals surface area contributed by atoms with Crippen LogP contribution in [0.15, 0.2) is 18.2 Å². The number of carbonyl (C=O) groups is 1. The van der Waals surface area contributed by atoms with Crippen LogP contribution in [0.25, 0.3) is 10.9 Å². The van der Waals surface area contributed by atoms with E-state index in [0.29, 0.717) is 53.5 Å². The van der Waals surface area contributed by atoms with Crippen molar-refractivity contribution in [3.8, 4) is 0 Å². The number of hydrogen-bond acceptors (Lipinski definition) is 5. The summed E-state index contributed by atoms with van der Waals surface area (Å²) in [4.78, 5) is 13.1. The maximum Gasteiger partial charge on any atom is 0.239 e. The number of unbranched alkanes of at least 4 members (excludes halogenated alkanes) is 2. The normalized spacial score (nSPS) is 16.5. The van der Waals surface area contributed by atoms with Gasteiger partial charge in [0.1, 0.15) is 0 Å². The van der Waals surface area contributed by atoms with Gasteiger partial charge in [0.2, 0.25) is 20.0 Å². The molecule has 1 aromatic heterocycles. The Kier molecular flexibility index (Phi) is 6.58. The largest absolute Gasteiger partial charge is 0.294 e. The molecule has 9 heteroatoms. The van der Waals surface area contributed by atoms with Gasteiger partial charge >= 0.3 is 0 Å². The van der Waals surface area contributed by atoms with Crippen LogP contribution in [0.4, 0.5) is 5.69 Å². The number of aromatic nitrogens is 1. The molecule has 0 unspecified atom stereocenters. The highest BCUT2D eigenvalue weighted by Crippen LogP contribution is 2.41. The van der Waals surface area contributed by atoms with Crippen molar-refractivity contribution in [1.29, 1.82) is 0 Å². The number of benzene rings is 1. The van der Waals surface area contributed by atoms with Crippen LogP contribution in [-0.2, 0) is 26.5 Å². The second-order valence-corrected chi connectivity index (χ2v) is 13.0. The maximum atomic E-state index is 13.2. The summed E-state index contributed by atoms with van der Waals surface area (Å²) in [5.41, 5.74) is 1.35. The molecule has 0 bridgehead atoms. The van der Waals surface area contributed by atoms with Gasteiger partial charge in [-0.3, -0.25) is 9.52 Å². The highest BCUT2D eigenvalue weighted by Gasteiger charge is 2.38. The Balaban J connectivity index is 2.19. The highest BCUT2D eigenvalue weighted by molar-refractivity contribution is 7.92.